The Morgan fingerprint density at radius 3 is 2.56 bits per heavy atom. The van der Waals surface area contributed by atoms with Crippen molar-refractivity contribution in [2.75, 3.05) is 19.6 Å². The molecule has 2 atom stereocenters. The fourth-order valence-corrected chi connectivity index (χ4v) is 2.86. The second kappa shape index (κ2) is 5.78. The number of rotatable bonds is 5. The van der Waals surface area contributed by atoms with Crippen LogP contribution < -0.4 is 5.32 Å². The van der Waals surface area contributed by atoms with Gasteiger partial charge in [-0.25, -0.2) is 0 Å². The van der Waals surface area contributed by atoms with Crippen LogP contribution in [0.3, 0.4) is 0 Å². The maximum absolute atomic E-state index is 12.2. The fraction of sp³-hybridized carbons (Fsp3) is 1.00. The number of hydrogen-bond donors (Lipinski definition) is 1. The zero-order valence-electron chi connectivity index (χ0n) is 11.0. The standard InChI is InChI=1S/C13H23F3N2/c1-2-11-9-18(7-3-6-13(14,15)16)12(8-17-11)10-4-5-10/h10-12,17H,2-9H2,1H3. The van der Waals surface area contributed by atoms with Crippen molar-refractivity contribution in [2.45, 2.75) is 57.3 Å². The van der Waals surface area contributed by atoms with E-state index in [2.05, 4.69) is 17.1 Å². The Kier molecular flexibility index (Phi) is 4.54. The van der Waals surface area contributed by atoms with Crippen LogP contribution in [0.5, 0.6) is 0 Å². The molecule has 106 valence electrons. The van der Waals surface area contributed by atoms with E-state index in [1.165, 1.54) is 12.8 Å². The number of nitrogens with zero attached hydrogens (tertiary/aromatic N) is 1. The first-order valence-electron chi connectivity index (χ1n) is 7.04. The molecule has 0 aromatic carbocycles. The predicted octanol–water partition coefficient (Wildman–Crippen LogP) is 2.79. The molecule has 1 aliphatic carbocycles. The first-order chi connectivity index (χ1) is 8.49. The van der Waals surface area contributed by atoms with Crippen molar-refractivity contribution in [1.29, 1.82) is 0 Å². The van der Waals surface area contributed by atoms with E-state index < -0.39 is 12.6 Å². The number of halogens is 3. The van der Waals surface area contributed by atoms with E-state index in [-0.39, 0.29) is 6.42 Å². The highest BCUT2D eigenvalue weighted by Gasteiger charge is 2.38. The van der Waals surface area contributed by atoms with Gasteiger partial charge in [0.1, 0.15) is 0 Å². The van der Waals surface area contributed by atoms with Crippen molar-refractivity contribution < 1.29 is 13.2 Å². The van der Waals surface area contributed by atoms with Gasteiger partial charge in [0, 0.05) is 31.6 Å². The van der Waals surface area contributed by atoms with Crippen LogP contribution in [0.2, 0.25) is 0 Å². The molecule has 1 aliphatic heterocycles. The normalized spacial score (nSPS) is 30.7. The Morgan fingerprint density at radius 2 is 2.00 bits per heavy atom. The molecule has 0 aromatic rings. The van der Waals surface area contributed by atoms with E-state index >= 15 is 0 Å². The minimum absolute atomic E-state index is 0.239. The smallest absolute Gasteiger partial charge is 0.311 e. The van der Waals surface area contributed by atoms with Gasteiger partial charge in [-0.3, -0.25) is 4.90 Å². The summed E-state index contributed by atoms with van der Waals surface area (Å²) in [6, 6.07) is 0.923. The van der Waals surface area contributed by atoms with E-state index in [0.717, 1.165) is 25.4 Å². The van der Waals surface area contributed by atoms with Crippen molar-refractivity contribution in [3.05, 3.63) is 0 Å². The van der Waals surface area contributed by atoms with Crippen molar-refractivity contribution in [3.8, 4) is 0 Å². The minimum atomic E-state index is -4.01. The molecular formula is C13H23F3N2. The molecule has 2 unspecified atom stereocenters. The molecule has 1 saturated heterocycles. The average Bonchev–Trinajstić information content (AvgIpc) is 3.11. The molecule has 1 heterocycles. The topological polar surface area (TPSA) is 15.3 Å². The second-order valence-electron chi connectivity index (χ2n) is 5.63. The summed E-state index contributed by atoms with van der Waals surface area (Å²) in [6.45, 7) is 4.59. The van der Waals surface area contributed by atoms with Crippen LogP contribution in [0, 0.1) is 5.92 Å². The maximum Gasteiger partial charge on any atom is 0.389 e. The van der Waals surface area contributed by atoms with Gasteiger partial charge in [-0.05, 0) is 38.1 Å². The van der Waals surface area contributed by atoms with Gasteiger partial charge in [0.05, 0.1) is 0 Å². The van der Waals surface area contributed by atoms with Gasteiger partial charge in [-0.1, -0.05) is 6.92 Å². The molecule has 0 spiro atoms. The van der Waals surface area contributed by atoms with Crippen molar-refractivity contribution in [1.82, 2.24) is 10.2 Å². The molecule has 1 N–H and O–H groups in total. The van der Waals surface area contributed by atoms with Gasteiger partial charge < -0.3 is 5.32 Å². The lowest BCUT2D eigenvalue weighted by atomic mass is 10.0. The second-order valence-corrected chi connectivity index (χ2v) is 5.63. The number of hydrogen-bond acceptors (Lipinski definition) is 2. The molecule has 2 fully saturated rings. The van der Waals surface area contributed by atoms with E-state index in [0.29, 0.717) is 18.6 Å². The van der Waals surface area contributed by atoms with Crippen LogP contribution in [-0.2, 0) is 0 Å². The van der Waals surface area contributed by atoms with Crippen LogP contribution in [0.4, 0.5) is 13.2 Å². The summed E-state index contributed by atoms with van der Waals surface area (Å²) < 4.78 is 36.6. The maximum atomic E-state index is 12.2. The van der Waals surface area contributed by atoms with E-state index in [9.17, 15) is 13.2 Å². The van der Waals surface area contributed by atoms with Crippen LogP contribution in [0.1, 0.15) is 39.0 Å². The minimum Gasteiger partial charge on any atom is -0.311 e. The molecule has 0 amide bonds. The van der Waals surface area contributed by atoms with Crippen LogP contribution in [0.15, 0.2) is 0 Å². The molecule has 2 aliphatic rings. The van der Waals surface area contributed by atoms with Gasteiger partial charge in [-0.15, -0.1) is 0 Å². The third-order valence-electron chi connectivity index (χ3n) is 4.10. The molecule has 5 heteroatoms. The van der Waals surface area contributed by atoms with E-state index in [1.807, 2.05) is 0 Å². The molecule has 2 rings (SSSR count). The Balaban J connectivity index is 1.81. The lowest BCUT2D eigenvalue weighted by molar-refractivity contribution is -0.136. The molecule has 0 radical (unpaired) electrons. The van der Waals surface area contributed by atoms with Gasteiger partial charge >= 0.3 is 6.18 Å². The summed E-state index contributed by atoms with van der Waals surface area (Å²) >= 11 is 0. The Hall–Kier alpha value is -0.290. The average molecular weight is 264 g/mol. The highest BCUT2D eigenvalue weighted by Crippen LogP contribution is 2.36. The molecule has 18 heavy (non-hydrogen) atoms. The van der Waals surface area contributed by atoms with Gasteiger partial charge in [0.2, 0.25) is 0 Å². The van der Waals surface area contributed by atoms with E-state index in [1.54, 1.807) is 0 Å². The Labute approximate surface area is 107 Å². The quantitative estimate of drug-likeness (QED) is 0.821. The lowest BCUT2D eigenvalue weighted by Crippen LogP contribution is -2.57. The highest BCUT2D eigenvalue weighted by atomic mass is 19.4. The largest absolute Gasteiger partial charge is 0.389 e. The molecule has 2 nitrogen and oxygen atoms in total. The molecule has 0 aromatic heterocycles. The molecule has 1 saturated carbocycles. The van der Waals surface area contributed by atoms with Gasteiger partial charge in [-0.2, -0.15) is 13.2 Å². The summed E-state index contributed by atoms with van der Waals surface area (Å²) in [5.74, 6) is 0.723. The van der Waals surface area contributed by atoms with Crippen LogP contribution in [-0.4, -0.2) is 42.8 Å². The zero-order chi connectivity index (χ0) is 13.2. The highest BCUT2D eigenvalue weighted by molar-refractivity contribution is 4.94. The third kappa shape index (κ3) is 4.12. The summed E-state index contributed by atoms with van der Waals surface area (Å²) in [5.41, 5.74) is 0. The van der Waals surface area contributed by atoms with Crippen LogP contribution in [0.25, 0.3) is 0 Å². The van der Waals surface area contributed by atoms with Crippen molar-refractivity contribution in [2.24, 2.45) is 5.92 Å². The Morgan fingerprint density at radius 1 is 1.28 bits per heavy atom. The number of piperazine rings is 1. The molecular weight excluding hydrogens is 241 g/mol. The zero-order valence-corrected chi connectivity index (χ0v) is 11.0. The van der Waals surface area contributed by atoms with Gasteiger partial charge in [0.25, 0.3) is 0 Å². The fourth-order valence-electron chi connectivity index (χ4n) is 2.86. The summed E-state index contributed by atoms with van der Waals surface area (Å²) in [6.07, 6.45) is -0.869. The first kappa shape index (κ1) is 14.1. The van der Waals surface area contributed by atoms with Crippen LogP contribution >= 0.6 is 0 Å². The van der Waals surface area contributed by atoms with Crippen molar-refractivity contribution >= 4 is 0 Å². The SMILES string of the molecule is CCC1CN(CCCC(F)(F)F)C(C2CC2)CN1. The van der Waals surface area contributed by atoms with Gasteiger partial charge in [0.15, 0.2) is 0 Å². The first-order valence-corrected chi connectivity index (χ1v) is 7.04. The summed E-state index contributed by atoms with van der Waals surface area (Å²) in [7, 11) is 0. The Bertz CT molecular complexity index is 263. The van der Waals surface area contributed by atoms with Crippen molar-refractivity contribution in [3.63, 3.8) is 0 Å². The number of nitrogens with one attached hydrogen (secondary N) is 1. The van der Waals surface area contributed by atoms with E-state index in [4.69, 9.17) is 0 Å². The predicted molar refractivity (Wildman–Crippen MR) is 65.5 cm³/mol. The third-order valence-corrected chi connectivity index (χ3v) is 4.10. The summed E-state index contributed by atoms with van der Waals surface area (Å²) in [4.78, 5) is 2.30. The number of alkyl halides is 3. The summed E-state index contributed by atoms with van der Waals surface area (Å²) in [5, 5.41) is 3.51. The monoisotopic (exact) mass is 264 g/mol. The lowest BCUT2D eigenvalue weighted by Gasteiger charge is -2.40. The molecule has 0 bridgehead atoms.